The van der Waals surface area contributed by atoms with E-state index in [0.29, 0.717) is 24.5 Å². The predicted octanol–water partition coefficient (Wildman–Crippen LogP) is 1.81. The fourth-order valence-electron chi connectivity index (χ4n) is 4.06. The molecule has 2 aliphatic heterocycles. The Morgan fingerprint density at radius 2 is 1.96 bits per heavy atom. The van der Waals surface area contributed by atoms with E-state index >= 15 is 0 Å². The van der Waals surface area contributed by atoms with E-state index in [1.807, 2.05) is 38.1 Å². The first-order valence-corrected chi connectivity index (χ1v) is 9.75. The van der Waals surface area contributed by atoms with Crippen LogP contribution in [0.5, 0.6) is 0 Å². The molecule has 3 heterocycles. The van der Waals surface area contributed by atoms with Gasteiger partial charge in [-0.1, -0.05) is 12.1 Å². The van der Waals surface area contributed by atoms with E-state index in [4.69, 9.17) is 15.0 Å². The van der Waals surface area contributed by atoms with Crippen LogP contribution in [0, 0.1) is 11.3 Å². The van der Waals surface area contributed by atoms with Gasteiger partial charge in [-0.25, -0.2) is 4.98 Å². The van der Waals surface area contributed by atoms with Crippen molar-refractivity contribution in [1.82, 2.24) is 14.9 Å². The first-order chi connectivity index (χ1) is 13.5. The van der Waals surface area contributed by atoms with Gasteiger partial charge in [0.2, 0.25) is 5.95 Å². The molecule has 2 aliphatic rings. The summed E-state index contributed by atoms with van der Waals surface area (Å²) in [5.74, 6) is 0.644. The summed E-state index contributed by atoms with van der Waals surface area (Å²) in [4.78, 5) is 24.8. The lowest BCUT2D eigenvalue weighted by Crippen LogP contribution is -2.47. The number of nitrogens with zero attached hydrogens (tertiary/aromatic N) is 4. The molecule has 1 N–H and O–H groups in total. The molecule has 1 aromatic heterocycles. The SMILES string of the molecule is C[C@@H]1CN(c2nc3c(c(=O)[nH]2)CCN(Cc2ccc(C#N)cc2)C3)C[C@H](C)O1. The third kappa shape index (κ3) is 3.93. The smallest absolute Gasteiger partial charge is 0.255 e. The first kappa shape index (κ1) is 18.7. The first-order valence-electron chi connectivity index (χ1n) is 9.75. The number of nitrogens with one attached hydrogen (secondary N) is 1. The summed E-state index contributed by atoms with van der Waals surface area (Å²) in [6.45, 7) is 7.78. The van der Waals surface area contributed by atoms with Crippen LogP contribution >= 0.6 is 0 Å². The van der Waals surface area contributed by atoms with Gasteiger partial charge in [-0.15, -0.1) is 0 Å². The summed E-state index contributed by atoms with van der Waals surface area (Å²) in [6, 6.07) is 9.80. The van der Waals surface area contributed by atoms with Crippen molar-refractivity contribution >= 4 is 5.95 Å². The molecule has 0 aliphatic carbocycles. The topological polar surface area (TPSA) is 85.3 Å². The van der Waals surface area contributed by atoms with Gasteiger partial charge in [0.25, 0.3) is 5.56 Å². The molecular formula is C21H25N5O2. The third-order valence-electron chi connectivity index (χ3n) is 5.35. The van der Waals surface area contributed by atoms with Crippen LogP contribution in [-0.2, 0) is 24.2 Å². The van der Waals surface area contributed by atoms with Gasteiger partial charge in [-0.3, -0.25) is 14.7 Å². The number of benzene rings is 1. The van der Waals surface area contributed by atoms with Crippen LogP contribution in [0.25, 0.3) is 0 Å². The van der Waals surface area contributed by atoms with Crippen molar-refractivity contribution in [1.29, 1.82) is 5.26 Å². The van der Waals surface area contributed by atoms with Crippen molar-refractivity contribution in [2.45, 2.75) is 45.6 Å². The number of H-pyrrole nitrogens is 1. The highest BCUT2D eigenvalue weighted by molar-refractivity contribution is 5.36. The second-order valence-corrected chi connectivity index (χ2v) is 7.75. The molecule has 1 fully saturated rings. The van der Waals surface area contributed by atoms with Gasteiger partial charge < -0.3 is 9.64 Å². The minimum absolute atomic E-state index is 0.0233. The Labute approximate surface area is 164 Å². The fourth-order valence-corrected chi connectivity index (χ4v) is 4.06. The zero-order valence-corrected chi connectivity index (χ0v) is 16.3. The van der Waals surface area contributed by atoms with Crippen molar-refractivity contribution in [3.8, 4) is 6.07 Å². The number of hydrogen-bond acceptors (Lipinski definition) is 6. The normalized spacial score (nSPS) is 22.5. The lowest BCUT2D eigenvalue weighted by Gasteiger charge is -2.36. The van der Waals surface area contributed by atoms with Crippen molar-refractivity contribution < 1.29 is 4.74 Å². The van der Waals surface area contributed by atoms with Crippen LogP contribution in [-0.4, -0.2) is 46.7 Å². The van der Waals surface area contributed by atoms with Gasteiger partial charge in [-0.2, -0.15) is 5.26 Å². The van der Waals surface area contributed by atoms with E-state index in [1.54, 1.807) is 0 Å². The molecule has 28 heavy (non-hydrogen) atoms. The average molecular weight is 379 g/mol. The Bertz CT molecular complexity index is 937. The van der Waals surface area contributed by atoms with Crippen LogP contribution in [0.1, 0.15) is 36.2 Å². The molecule has 1 aromatic carbocycles. The number of nitriles is 1. The number of morpholine rings is 1. The fraction of sp³-hybridized carbons (Fsp3) is 0.476. The maximum absolute atomic E-state index is 12.6. The van der Waals surface area contributed by atoms with Gasteiger partial charge in [0.15, 0.2) is 0 Å². The Balaban J connectivity index is 1.53. The van der Waals surface area contributed by atoms with E-state index in [-0.39, 0.29) is 17.8 Å². The molecule has 2 atom stereocenters. The van der Waals surface area contributed by atoms with E-state index in [2.05, 4.69) is 20.9 Å². The number of aromatic nitrogens is 2. The number of ether oxygens (including phenoxy) is 1. The summed E-state index contributed by atoms with van der Waals surface area (Å²) in [5.41, 5.74) is 3.47. The molecule has 7 heteroatoms. The molecule has 0 bridgehead atoms. The van der Waals surface area contributed by atoms with Crippen molar-refractivity contribution in [3.63, 3.8) is 0 Å². The van der Waals surface area contributed by atoms with Gasteiger partial charge in [0, 0.05) is 38.3 Å². The summed E-state index contributed by atoms with van der Waals surface area (Å²) >= 11 is 0. The average Bonchev–Trinajstić information content (AvgIpc) is 2.67. The molecule has 0 unspecified atom stereocenters. The van der Waals surface area contributed by atoms with Crippen molar-refractivity contribution in [2.75, 3.05) is 24.5 Å². The van der Waals surface area contributed by atoms with Gasteiger partial charge in [0.1, 0.15) is 0 Å². The molecule has 0 spiro atoms. The molecule has 2 aromatic rings. The van der Waals surface area contributed by atoms with Crippen LogP contribution in [0.4, 0.5) is 5.95 Å². The zero-order chi connectivity index (χ0) is 19.7. The van der Waals surface area contributed by atoms with Crippen LogP contribution in [0.15, 0.2) is 29.1 Å². The summed E-state index contributed by atoms with van der Waals surface area (Å²) in [5, 5.41) is 8.94. The molecule has 0 amide bonds. The monoisotopic (exact) mass is 379 g/mol. The third-order valence-corrected chi connectivity index (χ3v) is 5.35. The predicted molar refractivity (Wildman–Crippen MR) is 106 cm³/mol. The second-order valence-electron chi connectivity index (χ2n) is 7.75. The zero-order valence-electron chi connectivity index (χ0n) is 16.3. The number of rotatable bonds is 3. The molecule has 0 saturated carbocycles. The lowest BCUT2D eigenvalue weighted by atomic mass is 10.1. The molecule has 7 nitrogen and oxygen atoms in total. The molecule has 1 saturated heterocycles. The highest BCUT2D eigenvalue weighted by Gasteiger charge is 2.26. The summed E-state index contributed by atoms with van der Waals surface area (Å²) in [6.07, 6.45) is 0.917. The number of anilines is 1. The molecule has 0 radical (unpaired) electrons. The highest BCUT2D eigenvalue weighted by atomic mass is 16.5. The summed E-state index contributed by atoms with van der Waals surface area (Å²) in [7, 11) is 0. The van der Waals surface area contributed by atoms with Crippen LogP contribution in [0.2, 0.25) is 0 Å². The van der Waals surface area contributed by atoms with Crippen LogP contribution in [0.3, 0.4) is 0 Å². The second kappa shape index (κ2) is 7.74. The number of aromatic amines is 1. The maximum atomic E-state index is 12.6. The van der Waals surface area contributed by atoms with Gasteiger partial charge >= 0.3 is 0 Å². The highest BCUT2D eigenvalue weighted by Crippen LogP contribution is 2.21. The Morgan fingerprint density at radius 1 is 1.25 bits per heavy atom. The molecule has 146 valence electrons. The van der Waals surface area contributed by atoms with E-state index in [0.717, 1.165) is 43.0 Å². The van der Waals surface area contributed by atoms with E-state index in [9.17, 15) is 4.79 Å². The van der Waals surface area contributed by atoms with Crippen LogP contribution < -0.4 is 10.5 Å². The van der Waals surface area contributed by atoms with E-state index in [1.165, 1.54) is 0 Å². The number of fused-ring (bicyclic) bond motifs is 1. The maximum Gasteiger partial charge on any atom is 0.255 e. The minimum atomic E-state index is -0.0233. The minimum Gasteiger partial charge on any atom is -0.372 e. The van der Waals surface area contributed by atoms with Gasteiger partial charge in [0.05, 0.1) is 29.5 Å². The Hall–Kier alpha value is -2.69. The molecular weight excluding hydrogens is 354 g/mol. The van der Waals surface area contributed by atoms with Crippen molar-refractivity contribution in [2.24, 2.45) is 0 Å². The number of hydrogen-bond donors (Lipinski definition) is 1. The van der Waals surface area contributed by atoms with E-state index < -0.39 is 0 Å². The standard InChI is InChI=1S/C21H25N5O2/c1-14-10-26(11-15(2)28-14)21-23-19-13-25(8-7-18(19)20(27)24-21)12-17-5-3-16(9-22)4-6-17/h3-6,14-15H,7-8,10-13H2,1-2H3,(H,23,24,27)/t14-,15+. The Morgan fingerprint density at radius 3 is 2.64 bits per heavy atom. The molecule has 4 rings (SSSR count). The Kier molecular flexibility index (Phi) is 5.16. The quantitative estimate of drug-likeness (QED) is 0.876. The lowest BCUT2D eigenvalue weighted by molar-refractivity contribution is -0.00576. The largest absolute Gasteiger partial charge is 0.372 e. The van der Waals surface area contributed by atoms with Gasteiger partial charge in [-0.05, 0) is 38.0 Å². The summed E-state index contributed by atoms with van der Waals surface area (Å²) < 4.78 is 5.79. The van der Waals surface area contributed by atoms with Crippen molar-refractivity contribution in [3.05, 3.63) is 57.0 Å².